The third-order valence-corrected chi connectivity index (χ3v) is 5.85. The quantitative estimate of drug-likeness (QED) is 0.635. The number of fused-ring (bicyclic) bond motifs is 2. The number of nitrogen functional groups attached to an aromatic ring is 1. The monoisotopic (exact) mass is 422 g/mol. The number of hydrogen-bond donors (Lipinski definition) is 2. The summed E-state index contributed by atoms with van der Waals surface area (Å²) in [5, 5.41) is 3.60. The third kappa shape index (κ3) is 4.33. The van der Waals surface area contributed by atoms with Gasteiger partial charge in [0.15, 0.2) is 11.5 Å². The number of aromatic nitrogens is 3. The number of anilines is 1. The fourth-order valence-electron chi connectivity index (χ4n) is 4.14. The second-order valence-corrected chi connectivity index (χ2v) is 8.01. The minimum absolute atomic E-state index is 0.0372. The molecule has 0 aromatic carbocycles. The molecule has 162 valence electrons. The minimum Gasteiger partial charge on any atom is -0.486 e. The normalized spacial score (nSPS) is 17.2. The van der Waals surface area contributed by atoms with Crippen LogP contribution in [-0.4, -0.2) is 51.8 Å². The van der Waals surface area contributed by atoms with Gasteiger partial charge in [0.25, 0.3) is 5.56 Å². The van der Waals surface area contributed by atoms with E-state index in [2.05, 4.69) is 20.2 Å². The van der Waals surface area contributed by atoms with E-state index in [-0.39, 0.29) is 5.56 Å². The van der Waals surface area contributed by atoms with E-state index in [1.165, 1.54) is 0 Å². The SMILES string of the molecule is Nc1cnc2ccc(=O)n(CN3CCC(NCc4cc5c(cn4)OCCO5)CC3)c2c1. The van der Waals surface area contributed by atoms with Crippen molar-refractivity contribution < 1.29 is 9.47 Å². The lowest BCUT2D eigenvalue weighted by atomic mass is 10.1. The van der Waals surface area contributed by atoms with Gasteiger partial charge in [-0.05, 0) is 25.0 Å². The number of ether oxygens (including phenoxy) is 2. The van der Waals surface area contributed by atoms with Crippen molar-refractivity contribution in [3.05, 3.63) is 52.7 Å². The topological polar surface area (TPSA) is 108 Å². The molecule has 1 fully saturated rings. The van der Waals surface area contributed by atoms with E-state index in [0.29, 0.717) is 43.9 Å². The average Bonchev–Trinajstić information content (AvgIpc) is 2.80. The first-order valence-electron chi connectivity index (χ1n) is 10.6. The molecule has 0 amide bonds. The van der Waals surface area contributed by atoms with Gasteiger partial charge < -0.3 is 20.5 Å². The van der Waals surface area contributed by atoms with Crippen LogP contribution < -0.4 is 26.1 Å². The molecule has 0 unspecified atom stereocenters. The molecule has 1 saturated heterocycles. The first-order chi connectivity index (χ1) is 15.2. The molecule has 31 heavy (non-hydrogen) atoms. The van der Waals surface area contributed by atoms with Crippen LogP contribution in [-0.2, 0) is 13.2 Å². The van der Waals surface area contributed by atoms with Gasteiger partial charge in [-0.1, -0.05) is 0 Å². The molecule has 2 aliphatic heterocycles. The lowest BCUT2D eigenvalue weighted by Gasteiger charge is -2.33. The largest absolute Gasteiger partial charge is 0.486 e. The number of likely N-dealkylation sites (tertiary alicyclic amines) is 1. The van der Waals surface area contributed by atoms with Gasteiger partial charge in [0, 0.05) is 37.8 Å². The second kappa shape index (κ2) is 8.52. The molecule has 2 aliphatic rings. The summed E-state index contributed by atoms with van der Waals surface area (Å²) in [6.07, 6.45) is 5.36. The highest BCUT2D eigenvalue weighted by Crippen LogP contribution is 2.29. The zero-order valence-corrected chi connectivity index (χ0v) is 17.3. The summed E-state index contributed by atoms with van der Waals surface area (Å²) in [4.78, 5) is 23.6. The molecule has 9 heteroatoms. The van der Waals surface area contributed by atoms with Crippen LogP contribution in [0.25, 0.3) is 11.0 Å². The smallest absolute Gasteiger partial charge is 0.252 e. The van der Waals surface area contributed by atoms with Gasteiger partial charge in [0.2, 0.25) is 0 Å². The molecule has 0 bridgehead atoms. The minimum atomic E-state index is -0.0372. The summed E-state index contributed by atoms with van der Waals surface area (Å²) in [7, 11) is 0. The summed E-state index contributed by atoms with van der Waals surface area (Å²) < 4.78 is 12.9. The third-order valence-electron chi connectivity index (χ3n) is 5.85. The second-order valence-electron chi connectivity index (χ2n) is 8.01. The highest BCUT2D eigenvalue weighted by molar-refractivity contribution is 5.77. The lowest BCUT2D eigenvalue weighted by molar-refractivity contribution is 0.159. The highest BCUT2D eigenvalue weighted by Gasteiger charge is 2.20. The number of nitrogens with two attached hydrogens (primary N) is 1. The Kier molecular flexibility index (Phi) is 5.44. The Bertz CT molecular complexity index is 1140. The summed E-state index contributed by atoms with van der Waals surface area (Å²) >= 11 is 0. The van der Waals surface area contributed by atoms with Crippen LogP contribution in [0.4, 0.5) is 5.69 Å². The van der Waals surface area contributed by atoms with Crippen molar-refractivity contribution in [2.24, 2.45) is 0 Å². The zero-order chi connectivity index (χ0) is 21.2. The fourth-order valence-corrected chi connectivity index (χ4v) is 4.14. The average molecular weight is 422 g/mol. The Morgan fingerprint density at radius 3 is 2.71 bits per heavy atom. The van der Waals surface area contributed by atoms with Crippen LogP contribution in [0.15, 0.2) is 41.5 Å². The van der Waals surface area contributed by atoms with E-state index in [4.69, 9.17) is 15.2 Å². The molecule has 9 nitrogen and oxygen atoms in total. The van der Waals surface area contributed by atoms with Crippen LogP contribution >= 0.6 is 0 Å². The number of nitrogens with one attached hydrogen (secondary N) is 1. The van der Waals surface area contributed by atoms with E-state index in [0.717, 1.165) is 48.4 Å². The van der Waals surface area contributed by atoms with E-state index < -0.39 is 0 Å². The zero-order valence-electron chi connectivity index (χ0n) is 17.3. The fraction of sp³-hybridized carbons (Fsp3) is 0.409. The Hall–Kier alpha value is -3.17. The molecule has 3 aromatic rings. The molecule has 0 aliphatic carbocycles. The van der Waals surface area contributed by atoms with Crippen LogP contribution in [0.3, 0.4) is 0 Å². The lowest BCUT2D eigenvalue weighted by Crippen LogP contribution is -2.44. The van der Waals surface area contributed by atoms with Crippen LogP contribution in [0.1, 0.15) is 18.5 Å². The van der Waals surface area contributed by atoms with Gasteiger partial charge in [-0.3, -0.25) is 24.2 Å². The summed E-state index contributed by atoms with van der Waals surface area (Å²) in [6.45, 7) is 4.19. The van der Waals surface area contributed by atoms with Crippen LogP contribution in [0.5, 0.6) is 11.5 Å². The Balaban J connectivity index is 1.18. The summed E-state index contributed by atoms with van der Waals surface area (Å²) in [6, 6.07) is 7.49. The van der Waals surface area contributed by atoms with Crippen molar-refractivity contribution in [3.63, 3.8) is 0 Å². The number of hydrogen-bond acceptors (Lipinski definition) is 8. The van der Waals surface area contributed by atoms with Gasteiger partial charge >= 0.3 is 0 Å². The predicted octanol–water partition coefficient (Wildman–Crippen LogP) is 1.36. The highest BCUT2D eigenvalue weighted by atomic mass is 16.6. The first-order valence-corrected chi connectivity index (χ1v) is 10.6. The van der Waals surface area contributed by atoms with Gasteiger partial charge in [-0.15, -0.1) is 0 Å². The van der Waals surface area contributed by atoms with E-state index >= 15 is 0 Å². The molecule has 5 heterocycles. The number of nitrogens with zero attached hydrogens (tertiary/aromatic N) is 4. The molecular formula is C22H26N6O3. The van der Waals surface area contributed by atoms with E-state index in [1.807, 2.05) is 12.1 Å². The molecule has 0 saturated carbocycles. The Labute approximate surface area is 179 Å². The molecule has 0 atom stereocenters. The van der Waals surface area contributed by atoms with Crippen molar-refractivity contribution in [1.82, 2.24) is 24.8 Å². The van der Waals surface area contributed by atoms with Gasteiger partial charge in [0.05, 0.1) is 41.5 Å². The maximum Gasteiger partial charge on any atom is 0.252 e. The number of piperidine rings is 1. The number of pyridine rings is 3. The molecule has 0 spiro atoms. The molecule has 5 rings (SSSR count). The summed E-state index contributed by atoms with van der Waals surface area (Å²) in [5.41, 5.74) is 8.91. The standard InChI is InChI=1S/C22H26N6O3/c23-15-9-19-18(26-11-15)1-2-22(29)28(19)14-27-5-3-16(4-6-27)24-12-17-10-20-21(13-25-17)31-8-7-30-20/h1-2,9-11,13,16,24H,3-8,12,14,23H2. The van der Waals surface area contributed by atoms with Crippen LogP contribution in [0, 0.1) is 0 Å². The molecule has 0 radical (unpaired) electrons. The Morgan fingerprint density at radius 2 is 1.87 bits per heavy atom. The number of rotatable bonds is 5. The van der Waals surface area contributed by atoms with Gasteiger partial charge in [-0.2, -0.15) is 0 Å². The maximum absolute atomic E-state index is 12.5. The summed E-state index contributed by atoms with van der Waals surface area (Å²) in [5.74, 6) is 1.48. The van der Waals surface area contributed by atoms with Crippen molar-refractivity contribution in [2.45, 2.75) is 32.1 Å². The molecule has 3 N–H and O–H groups in total. The molecular weight excluding hydrogens is 396 g/mol. The van der Waals surface area contributed by atoms with E-state index in [1.54, 1.807) is 29.1 Å². The molecule has 3 aromatic heterocycles. The van der Waals surface area contributed by atoms with Crippen molar-refractivity contribution in [1.29, 1.82) is 0 Å². The van der Waals surface area contributed by atoms with Crippen LogP contribution in [0.2, 0.25) is 0 Å². The van der Waals surface area contributed by atoms with Gasteiger partial charge in [-0.25, -0.2) is 0 Å². The van der Waals surface area contributed by atoms with E-state index in [9.17, 15) is 4.79 Å². The predicted molar refractivity (Wildman–Crippen MR) is 117 cm³/mol. The van der Waals surface area contributed by atoms with Crippen molar-refractivity contribution in [3.8, 4) is 11.5 Å². The Morgan fingerprint density at radius 1 is 1.06 bits per heavy atom. The van der Waals surface area contributed by atoms with Gasteiger partial charge in [0.1, 0.15) is 13.2 Å². The van der Waals surface area contributed by atoms with Crippen molar-refractivity contribution in [2.75, 3.05) is 32.0 Å². The first kappa shape index (κ1) is 19.8. The van der Waals surface area contributed by atoms with Crippen molar-refractivity contribution >= 4 is 16.7 Å². The maximum atomic E-state index is 12.5.